The number of benzene rings is 1. The van der Waals surface area contributed by atoms with Gasteiger partial charge in [0.25, 0.3) is 5.91 Å². The molecule has 7 heteroatoms. The minimum absolute atomic E-state index is 0.159. The maximum Gasteiger partial charge on any atom is 0.261 e. The molecule has 2 aromatic rings. The average molecular weight is 346 g/mol. The van der Waals surface area contributed by atoms with E-state index in [1.54, 1.807) is 12.1 Å². The first kappa shape index (κ1) is 16.3. The zero-order valence-corrected chi connectivity index (χ0v) is 14.2. The number of hydrogen-bond donors (Lipinski definition) is 2. The van der Waals surface area contributed by atoms with Crippen LogP contribution in [0.25, 0.3) is 0 Å². The summed E-state index contributed by atoms with van der Waals surface area (Å²) in [7, 11) is 0. The Kier molecular flexibility index (Phi) is 4.71. The van der Waals surface area contributed by atoms with Crippen LogP contribution in [0.3, 0.4) is 0 Å². The maximum atomic E-state index is 12.3. The highest BCUT2D eigenvalue weighted by atomic mass is 32.1. The van der Waals surface area contributed by atoms with Gasteiger partial charge in [-0.25, -0.2) is 0 Å². The van der Waals surface area contributed by atoms with Gasteiger partial charge < -0.3 is 20.1 Å². The van der Waals surface area contributed by atoms with Gasteiger partial charge in [-0.1, -0.05) is 6.07 Å². The van der Waals surface area contributed by atoms with Gasteiger partial charge in [-0.2, -0.15) is 0 Å². The molecule has 2 N–H and O–H groups in total. The van der Waals surface area contributed by atoms with Crippen LogP contribution in [0.15, 0.2) is 30.3 Å². The Morgan fingerprint density at radius 1 is 1.12 bits per heavy atom. The van der Waals surface area contributed by atoms with E-state index in [1.165, 1.54) is 18.3 Å². The van der Waals surface area contributed by atoms with E-state index in [0.29, 0.717) is 28.8 Å². The molecule has 0 saturated heterocycles. The van der Waals surface area contributed by atoms with Crippen LogP contribution in [-0.4, -0.2) is 25.0 Å². The molecule has 1 aromatic heterocycles. The van der Waals surface area contributed by atoms with E-state index in [2.05, 4.69) is 10.6 Å². The lowest BCUT2D eigenvalue weighted by atomic mass is 10.1. The van der Waals surface area contributed by atoms with Crippen LogP contribution in [-0.2, 0) is 4.79 Å². The van der Waals surface area contributed by atoms with Crippen LogP contribution in [0, 0.1) is 0 Å². The lowest BCUT2D eigenvalue weighted by Gasteiger charge is -2.21. The monoisotopic (exact) mass is 346 g/mol. The van der Waals surface area contributed by atoms with Crippen LogP contribution in [0.4, 0.5) is 5.00 Å². The van der Waals surface area contributed by atoms with Crippen molar-refractivity contribution in [1.82, 2.24) is 5.32 Å². The van der Waals surface area contributed by atoms with Crippen molar-refractivity contribution >= 4 is 28.2 Å². The van der Waals surface area contributed by atoms with E-state index in [9.17, 15) is 9.59 Å². The summed E-state index contributed by atoms with van der Waals surface area (Å²) in [6, 6.07) is 8.88. The highest BCUT2D eigenvalue weighted by Gasteiger charge is 2.17. The summed E-state index contributed by atoms with van der Waals surface area (Å²) >= 11 is 1.24. The molecule has 24 heavy (non-hydrogen) atoms. The van der Waals surface area contributed by atoms with Crippen LogP contribution in [0.2, 0.25) is 0 Å². The van der Waals surface area contributed by atoms with Crippen molar-refractivity contribution in [3.63, 3.8) is 0 Å². The van der Waals surface area contributed by atoms with Crippen molar-refractivity contribution in [2.24, 2.45) is 0 Å². The minimum atomic E-state index is -0.181. The number of ether oxygens (including phenoxy) is 2. The fourth-order valence-electron chi connectivity index (χ4n) is 2.38. The highest BCUT2D eigenvalue weighted by molar-refractivity contribution is 7.18. The second kappa shape index (κ2) is 6.92. The summed E-state index contributed by atoms with van der Waals surface area (Å²) in [5, 5.41) is 6.27. The summed E-state index contributed by atoms with van der Waals surface area (Å²) in [4.78, 5) is 23.9. The quantitative estimate of drug-likeness (QED) is 0.892. The standard InChI is InChI=1S/C17H18N2O4S/c1-10(12-3-4-13-14(9-12)23-8-7-22-13)18-17(21)15-5-6-16(24-15)19-11(2)20/h3-6,9-10H,7-8H2,1-2H3,(H,18,21)(H,19,20)/t10-/m0/s1. The predicted octanol–water partition coefficient (Wildman–Crippen LogP) is 2.97. The molecule has 0 unspecified atom stereocenters. The van der Waals surface area contributed by atoms with Crippen LogP contribution >= 0.6 is 11.3 Å². The van der Waals surface area contributed by atoms with Gasteiger partial charge in [0.15, 0.2) is 11.5 Å². The normalized spacial score (nSPS) is 13.9. The van der Waals surface area contributed by atoms with Crippen LogP contribution in [0.5, 0.6) is 11.5 Å². The number of fused-ring (bicyclic) bond motifs is 1. The van der Waals surface area contributed by atoms with Crippen molar-refractivity contribution < 1.29 is 19.1 Å². The molecule has 3 rings (SSSR count). The molecule has 0 radical (unpaired) electrons. The Morgan fingerprint density at radius 3 is 2.62 bits per heavy atom. The lowest BCUT2D eigenvalue weighted by Crippen LogP contribution is -2.26. The van der Waals surface area contributed by atoms with Gasteiger partial charge in [-0.15, -0.1) is 11.3 Å². The summed E-state index contributed by atoms with van der Waals surface area (Å²) in [5.74, 6) is 1.08. The minimum Gasteiger partial charge on any atom is -0.486 e. The maximum absolute atomic E-state index is 12.3. The third kappa shape index (κ3) is 3.68. The van der Waals surface area contributed by atoms with Crippen molar-refractivity contribution in [2.45, 2.75) is 19.9 Å². The van der Waals surface area contributed by atoms with E-state index in [-0.39, 0.29) is 17.9 Å². The molecule has 6 nitrogen and oxygen atoms in total. The molecule has 0 bridgehead atoms. The average Bonchev–Trinajstić information content (AvgIpc) is 3.02. The third-order valence-corrected chi connectivity index (χ3v) is 4.54. The van der Waals surface area contributed by atoms with Crippen molar-refractivity contribution in [3.05, 3.63) is 40.8 Å². The van der Waals surface area contributed by atoms with Gasteiger partial charge >= 0.3 is 0 Å². The second-order valence-corrected chi connectivity index (χ2v) is 6.53. The largest absolute Gasteiger partial charge is 0.486 e. The number of rotatable bonds is 4. The molecular weight excluding hydrogens is 328 g/mol. The Morgan fingerprint density at radius 2 is 1.88 bits per heavy atom. The smallest absolute Gasteiger partial charge is 0.261 e. The molecule has 0 saturated carbocycles. The van der Waals surface area contributed by atoms with E-state index in [0.717, 1.165) is 11.3 Å². The SMILES string of the molecule is CC(=O)Nc1ccc(C(=O)N[C@@H](C)c2ccc3c(c2)OCCO3)s1. The van der Waals surface area contributed by atoms with E-state index < -0.39 is 0 Å². The summed E-state index contributed by atoms with van der Waals surface area (Å²) in [5.41, 5.74) is 0.936. The van der Waals surface area contributed by atoms with Gasteiger partial charge in [-0.3, -0.25) is 9.59 Å². The topological polar surface area (TPSA) is 76.7 Å². The lowest BCUT2D eigenvalue weighted by molar-refractivity contribution is -0.114. The first-order chi connectivity index (χ1) is 11.5. The first-order valence-electron chi connectivity index (χ1n) is 7.61. The van der Waals surface area contributed by atoms with Crippen LogP contribution < -0.4 is 20.1 Å². The molecule has 2 amide bonds. The van der Waals surface area contributed by atoms with Crippen molar-refractivity contribution in [2.75, 3.05) is 18.5 Å². The molecule has 0 spiro atoms. The van der Waals surface area contributed by atoms with Gasteiger partial charge in [-0.05, 0) is 36.8 Å². The summed E-state index contributed by atoms with van der Waals surface area (Å²) in [6.45, 7) is 4.42. The Balaban J connectivity index is 1.67. The predicted molar refractivity (Wildman–Crippen MR) is 91.9 cm³/mol. The molecule has 126 valence electrons. The number of carbonyl (C=O) groups excluding carboxylic acids is 2. The van der Waals surface area contributed by atoms with Crippen LogP contribution in [0.1, 0.15) is 35.1 Å². The molecule has 1 atom stereocenters. The highest BCUT2D eigenvalue weighted by Crippen LogP contribution is 2.32. The number of carbonyl (C=O) groups is 2. The Hall–Kier alpha value is -2.54. The first-order valence-corrected chi connectivity index (χ1v) is 8.42. The van der Waals surface area contributed by atoms with Gasteiger partial charge in [0.1, 0.15) is 13.2 Å². The number of anilines is 1. The molecule has 1 aliphatic heterocycles. The fourth-order valence-corrected chi connectivity index (χ4v) is 3.24. The molecule has 2 heterocycles. The number of hydrogen-bond acceptors (Lipinski definition) is 5. The van der Waals surface area contributed by atoms with Gasteiger partial charge in [0.2, 0.25) is 5.91 Å². The van der Waals surface area contributed by atoms with Crippen molar-refractivity contribution in [1.29, 1.82) is 0 Å². The molecular formula is C17H18N2O4S. The van der Waals surface area contributed by atoms with E-state index in [1.807, 2.05) is 25.1 Å². The number of amides is 2. The summed E-state index contributed by atoms with van der Waals surface area (Å²) < 4.78 is 11.1. The Labute approximate surface area is 143 Å². The van der Waals surface area contributed by atoms with E-state index in [4.69, 9.17) is 9.47 Å². The molecule has 0 aliphatic carbocycles. The molecule has 1 aromatic carbocycles. The third-order valence-electron chi connectivity index (χ3n) is 3.54. The zero-order valence-electron chi connectivity index (χ0n) is 13.4. The summed E-state index contributed by atoms with van der Waals surface area (Å²) in [6.07, 6.45) is 0. The number of thiophene rings is 1. The second-order valence-electron chi connectivity index (χ2n) is 5.44. The van der Waals surface area contributed by atoms with Gasteiger partial charge in [0.05, 0.1) is 15.9 Å². The Bertz CT molecular complexity index is 772. The van der Waals surface area contributed by atoms with Gasteiger partial charge in [0, 0.05) is 6.92 Å². The fraction of sp³-hybridized carbons (Fsp3) is 0.294. The van der Waals surface area contributed by atoms with Crippen molar-refractivity contribution in [3.8, 4) is 11.5 Å². The molecule has 1 aliphatic rings. The number of nitrogens with one attached hydrogen (secondary N) is 2. The van der Waals surface area contributed by atoms with E-state index >= 15 is 0 Å². The molecule has 0 fully saturated rings. The zero-order chi connectivity index (χ0) is 17.1.